The molecule has 0 spiro atoms. The van der Waals surface area contributed by atoms with Gasteiger partial charge >= 0.3 is 13.6 Å². The molecule has 1 saturated carbocycles. The van der Waals surface area contributed by atoms with E-state index in [2.05, 4.69) is 11.1 Å². The van der Waals surface area contributed by atoms with Crippen molar-refractivity contribution in [1.82, 2.24) is 9.55 Å². The van der Waals surface area contributed by atoms with Crippen LogP contribution in [-0.4, -0.2) is 65.8 Å². The standard InChI is InChI=1S/C26H34N3O9P/c1-6-33-24(31)25(39(32,35-7-2)36-8-3)34-14-17-12-19(22-21(17)37-26(4,5)38-22)29-15-28-18-11-9-10-16(13-27)20(18)23(29)30/h9-11,15,17,19,21-22,25H,6-8,12,14H2,1-5H3/t17-,19-,21-,22+,25?/m1/s1. The second-order valence-corrected chi connectivity index (χ2v) is 11.8. The molecule has 2 aliphatic rings. The highest BCUT2D eigenvalue weighted by molar-refractivity contribution is 7.55. The molecule has 212 valence electrons. The van der Waals surface area contributed by atoms with Gasteiger partial charge in [0.2, 0.25) is 0 Å². The van der Waals surface area contributed by atoms with Crippen molar-refractivity contribution in [3.8, 4) is 6.07 Å². The summed E-state index contributed by atoms with van der Waals surface area (Å²) in [6, 6.07) is 6.50. The number of rotatable bonds is 11. The molecule has 0 amide bonds. The summed E-state index contributed by atoms with van der Waals surface area (Å²) < 4.78 is 49.1. The molecule has 13 heteroatoms. The van der Waals surface area contributed by atoms with Gasteiger partial charge in [0, 0.05) is 5.92 Å². The van der Waals surface area contributed by atoms with Crippen molar-refractivity contribution in [2.24, 2.45) is 5.92 Å². The van der Waals surface area contributed by atoms with Crippen LogP contribution in [0.5, 0.6) is 0 Å². The van der Waals surface area contributed by atoms with Crippen LogP contribution in [0.15, 0.2) is 29.3 Å². The first-order valence-electron chi connectivity index (χ1n) is 13.0. The largest absolute Gasteiger partial charge is 0.464 e. The van der Waals surface area contributed by atoms with Crippen molar-refractivity contribution in [3.63, 3.8) is 0 Å². The molecule has 1 saturated heterocycles. The topological polar surface area (TPSA) is 148 Å². The number of hydrogen-bond donors (Lipinski definition) is 0. The van der Waals surface area contributed by atoms with Crippen LogP contribution in [0.2, 0.25) is 0 Å². The summed E-state index contributed by atoms with van der Waals surface area (Å²) >= 11 is 0. The summed E-state index contributed by atoms with van der Waals surface area (Å²) in [7, 11) is -4.01. The minimum atomic E-state index is -4.01. The van der Waals surface area contributed by atoms with Crippen molar-refractivity contribution < 1.29 is 37.4 Å². The number of fused-ring (bicyclic) bond motifs is 2. The average molecular weight is 564 g/mol. The van der Waals surface area contributed by atoms with E-state index in [0.717, 1.165) is 0 Å². The number of nitrogens with zero attached hydrogens (tertiary/aromatic N) is 3. The molecule has 0 bridgehead atoms. The van der Waals surface area contributed by atoms with Crippen molar-refractivity contribution in [3.05, 3.63) is 40.4 Å². The van der Waals surface area contributed by atoms with Crippen LogP contribution < -0.4 is 5.56 Å². The first-order chi connectivity index (χ1) is 18.6. The van der Waals surface area contributed by atoms with Crippen LogP contribution in [0.1, 0.15) is 52.6 Å². The second kappa shape index (κ2) is 11.8. The van der Waals surface area contributed by atoms with Crippen molar-refractivity contribution in [2.45, 2.75) is 70.9 Å². The second-order valence-electron chi connectivity index (χ2n) is 9.71. The monoisotopic (exact) mass is 563 g/mol. The Labute approximate surface area is 226 Å². The zero-order chi connectivity index (χ0) is 28.4. The fraction of sp³-hybridized carbons (Fsp3) is 0.615. The number of nitriles is 1. The van der Waals surface area contributed by atoms with E-state index in [4.69, 9.17) is 28.0 Å². The van der Waals surface area contributed by atoms with E-state index in [-0.39, 0.29) is 48.9 Å². The van der Waals surface area contributed by atoms with E-state index >= 15 is 0 Å². The van der Waals surface area contributed by atoms with Gasteiger partial charge in [0.15, 0.2) is 5.79 Å². The lowest BCUT2D eigenvalue weighted by molar-refractivity contribution is -0.166. The third-order valence-electron chi connectivity index (χ3n) is 6.70. The van der Waals surface area contributed by atoms with Gasteiger partial charge in [-0.15, -0.1) is 0 Å². The minimum absolute atomic E-state index is 0.0421. The van der Waals surface area contributed by atoms with Crippen LogP contribution in [-0.2, 0) is 37.4 Å². The molecule has 0 N–H and O–H groups in total. The Hall–Kier alpha value is -2.65. The Balaban J connectivity index is 1.66. The SMILES string of the molecule is CCOC(=O)C(OC[C@H]1C[C@@H](n2cnc3cccc(C#N)c3c2=O)[C@@H]2OC(C)(C)O[C@H]12)P(=O)(OCC)OCC. The van der Waals surface area contributed by atoms with Gasteiger partial charge in [-0.1, -0.05) is 6.07 Å². The van der Waals surface area contributed by atoms with Crippen molar-refractivity contribution in [2.75, 3.05) is 26.4 Å². The molecule has 2 fully saturated rings. The maximum absolute atomic E-state index is 13.6. The van der Waals surface area contributed by atoms with Crippen molar-refractivity contribution in [1.29, 1.82) is 5.26 Å². The van der Waals surface area contributed by atoms with Crippen LogP contribution in [0.3, 0.4) is 0 Å². The Morgan fingerprint density at radius 2 is 1.90 bits per heavy atom. The maximum atomic E-state index is 13.6. The average Bonchev–Trinajstić information content (AvgIpc) is 3.37. The van der Waals surface area contributed by atoms with Crippen molar-refractivity contribution >= 4 is 24.5 Å². The highest BCUT2D eigenvalue weighted by Crippen LogP contribution is 2.55. The molecular weight excluding hydrogens is 529 g/mol. The molecule has 1 aliphatic heterocycles. The highest BCUT2D eigenvalue weighted by atomic mass is 31.2. The van der Waals surface area contributed by atoms with Gasteiger partial charge in [-0.2, -0.15) is 5.26 Å². The maximum Gasteiger partial charge on any atom is 0.370 e. The molecule has 1 unspecified atom stereocenters. The van der Waals surface area contributed by atoms with Crippen LogP contribution in [0.25, 0.3) is 10.9 Å². The molecular formula is C26H34N3O9P. The molecule has 5 atom stereocenters. The molecule has 39 heavy (non-hydrogen) atoms. The van der Waals surface area contributed by atoms with Gasteiger partial charge in [-0.05, 0) is 53.2 Å². The Bertz CT molecular complexity index is 1340. The molecule has 4 rings (SSSR count). The van der Waals surface area contributed by atoms with Crippen LogP contribution >= 0.6 is 7.60 Å². The lowest BCUT2D eigenvalue weighted by Crippen LogP contribution is -2.34. The third kappa shape index (κ3) is 5.80. The Kier molecular flexibility index (Phi) is 8.91. The minimum Gasteiger partial charge on any atom is -0.464 e. The van der Waals surface area contributed by atoms with Crippen LogP contribution in [0, 0.1) is 17.2 Å². The third-order valence-corrected chi connectivity index (χ3v) is 8.87. The van der Waals surface area contributed by atoms with E-state index in [1.807, 2.05) is 0 Å². The Morgan fingerprint density at radius 1 is 1.21 bits per heavy atom. The van der Waals surface area contributed by atoms with E-state index in [1.165, 1.54) is 10.9 Å². The molecule has 2 aromatic rings. The van der Waals surface area contributed by atoms with E-state index in [0.29, 0.717) is 11.9 Å². The molecule has 1 aliphatic carbocycles. The number of esters is 1. The first kappa shape index (κ1) is 29.3. The predicted octanol–water partition coefficient (Wildman–Crippen LogP) is 3.52. The van der Waals surface area contributed by atoms with Crippen LogP contribution in [0.4, 0.5) is 0 Å². The molecule has 1 aromatic carbocycles. The summed E-state index contributed by atoms with van der Waals surface area (Å²) in [6.07, 6.45) is 0.786. The zero-order valence-electron chi connectivity index (χ0n) is 22.7. The van der Waals surface area contributed by atoms with Gasteiger partial charge in [-0.3, -0.25) is 13.9 Å². The summed E-state index contributed by atoms with van der Waals surface area (Å²) in [4.78, 5) is 30.8. The van der Waals surface area contributed by atoms with Gasteiger partial charge in [0.05, 0.1) is 61.4 Å². The quantitative estimate of drug-likeness (QED) is 0.292. The number of hydrogen-bond acceptors (Lipinski definition) is 11. The van der Waals surface area contributed by atoms with E-state index in [9.17, 15) is 19.4 Å². The lowest BCUT2D eigenvalue weighted by Gasteiger charge is -2.27. The Morgan fingerprint density at radius 3 is 2.54 bits per heavy atom. The first-order valence-corrected chi connectivity index (χ1v) is 14.6. The van der Waals surface area contributed by atoms with E-state index in [1.54, 1.807) is 52.8 Å². The van der Waals surface area contributed by atoms with Gasteiger partial charge in [0.25, 0.3) is 11.4 Å². The van der Waals surface area contributed by atoms with Gasteiger partial charge in [0.1, 0.15) is 12.2 Å². The van der Waals surface area contributed by atoms with Gasteiger partial charge < -0.3 is 28.0 Å². The number of benzene rings is 1. The molecule has 0 radical (unpaired) electrons. The number of carbonyl (C=O) groups excluding carboxylic acids is 1. The zero-order valence-corrected chi connectivity index (χ0v) is 23.6. The summed E-state index contributed by atoms with van der Waals surface area (Å²) in [6.45, 7) is 8.53. The summed E-state index contributed by atoms with van der Waals surface area (Å²) in [5, 5.41) is 9.79. The van der Waals surface area contributed by atoms with Gasteiger partial charge in [-0.25, -0.2) is 9.78 Å². The van der Waals surface area contributed by atoms with E-state index < -0.39 is 43.4 Å². The normalized spacial score (nSPS) is 24.8. The predicted molar refractivity (Wildman–Crippen MR) is 139 cm³/mol. The number of ether oxygens (including phenoxy) is 4. The highest BCUT2D eigenvalue weighted by Gasteiger charge is 2.55. The number of carbonyl (C=O) groups is 1. The molecule has 2 heterocycles. The smallest absolute Gasteiger partial charge is 0.370 e. The summed E-state index contributed by atoms with van der Waals surface area (Å²) in [5.41, 5.74) is 0.295. The fourth-order valence-electron chi connectivity index (χ4n) is 5.25. The molecule has 12 nitrogen and oxygen atoms in total. The molecule has 1 aromatic heterocycles. The fourth-order valence-corrected chi connectivity index (χ4v) is 6.92. The summed E-state index contributed by atoms with van der Waals surface area (Å²) in [5.74, 6) is -3.74. The number of aromatic nitrogens is 2. The lowest BCUT2D eigenvalue weighted by atomic mass is 10.1.